The maximum Gasteiger partial charge on any atom is -0.00534 e. The molecule has 0 nitrogen and oxygen atoms in total. The molecule has 2 aromatic carbocycles. The third-order valence-corrected chi connectivity index (χ3v) is 7.87. The molecule has 0 spiro atoms. The Kier molecular flexibility index (Phi) is 2.50. The van der Waals surface area contributed by atoms with Crippen LogP contribution < -0.4 is 0 Å². The molecule has 0 aliphatic heterocycles. The fraction of sp³-hybridized carbons (Fsp3) is 0.522. The van der Waals surface area contributed by atoms with E-state index in [0.29, 0.717) is 5.41 Å². The molecule has 0 heterocycles. The normalized spacial score (nSPS) is 40.7. The highest BCUT2D eigenvalue weighted by Gasteiger charge is 2.58. The van der Waals surface area contributed by atoms with E-state index < -0.39 is 0 Å². The largest absolute Gasteiger partial charge is 0.0616 e. The van der Waals surface area contributed by atoms with E-state index in [9.17, 15) is 0 Å². The van der Waals surface area contributed by atoms with E-state index in [4.69, 9.17) is 0 Å². The van der Waals surface area contributed by atoms with Crippen LogP contribution in [0.4, 0.5) is 0 Å². The molecule has 23 heavy (non-hydrogen) atoms. The van der Waals surface area contributed by atoms with Crippen molar-refractivity contribution in [2.75, 3.05) is 0 Å². The first kappa shape index (κ1) is 13.0. The molecule has 1 radical (unpaired) electrons. The SMILES string of the molecule is [CH]1c2cc3ccccc3cc2CCC1C12CC3CC(C1)C(C3)C2. The Morgan fingerprint density at radius 2 is 1.61 bits per heavy atom. The first-order valence-corrected chi connectivity index (χ1v) is 9.66. The molecule has 0 N–H and O–H groups in total. The summed E-state index contributed by atoms with van der Waals surface area (Å²) >= 11 is 0. The Hall–Kier alpha value is -1.30. The highest BCUT2D eigenvalue weighted by Crippen LogP contribution is 2.68. The summed E-state index contributed by atoms with van der Waals surface area (Å²) in [6.07, 6.45) is 13.2. The van der Waals surface area contributed by atoms with Gasteiger partial charge in [-0.25, -0.2) is 0 Å². The van der Waals surface area contributed by atoms with Crippen molar-refractivity contribution in [2.24, 2.45) is 29.1 Å². The fourth-order valence-electron chi connectivity index (χ4n) is 7.10. The van der Waals surface area contributed by atoms with E-state index in [2.05, 4.69) is 42.8 Å². The average molecular weight is 301 g/mol. The van der Waals surface area contributed by atoms with Crippen LogP contribution in [0.15, 0.2) is 36.4 Å². The molecule has 0 amide bonds. The Balaban J connectivity index is 1.37. The Bertz CT molecular complexity index is 766. The molecule has 3 unspecified atom stereocenters. The standard InChI is InChI=1S/C23H25/c1-2-4-17-10-19-11-22(6-5-18(19)9-16(17)3-1)23-12-15-7-20(13-23)21(8-15)14-23/h1-4,9-11,15,20-22H,5-8,12-14H2. The number of benzene rings is 2. The molecule has 4 fully saturated rings. The van der Waals surface area contributed by atoms with Gasteiger partial charge in [0.05, 0.1) is 0 Å². The quantitative estimate of drug-likeness (QED) is 0.626. The van der Waals surface area contributed by atoms with Crippen molar-refractivity contribution in [1.29, 1.82) is 0 Å². The van der Waals surface area contributed by atoms with Crippen LogP contribution in [0.5, 0.6) is 0 Å². The first-order chi connectivity index (χ1) is 11.3. The van der Waals surface area contributed by atoms with Gasteiger partial charge < -0.3 is 0 Å². The van der Waals surface area contributed by atoms with Crippen LogP contribution in [0, 0.1) is 35.5 Å². The van der Waals surface area contributed by atoms with Gasteiger partial charge in [0.2, 0.25) is 0 Å². The van der Waals surface area contributed by atoms with Crippen LogP contribution in [-0.2, 0) is 6.42 Å². The zero-order valence-electron chi connectivity index (χ0n) is 13.8. The molecular formula is C23H25. The van der Waals surface area contributed by atoms with Crippen molar-refractivity contribution in [1.82, 2.24) is 0 Å². The van der Waals surface area contributed by atoms with Crippen LogP contribution >= 0.6 is 0 Å². The first-order valence-electron chi connectivity index (χ1n) is 9.66. The topological polar surface area (TPSA) is 0 Å². The fourth-order valence-corrected chi connectivity index (χ4v) is 7.10. The second kappa shape index (κ2) is 4.41. The van der Waals surface area contributed by atoms with Gasteiger partial charge in [0, 0.05) is 0 Å². The smallest absolute Gasteiger partial charge is 0.00534 e. The predicted octanol–water partition coefficient (Wildman–Crippen LogP) is 5.78. The van der Waals surface area contributed by atoms with Crippen molar-refractivity contribution in [3.8, 4) is 0 Å². The molecule has 3 atom stereocenters. The average Bonchev–Trinajstić information content (AvgIpc) is 3.00. The van der Waals surface area contributed by atoms with E-state index in [1.807, 2.05) is 0 Å². The van der Waals surface area contributed by atoms with Crippen LogP contribution in [0.25, 0.3) is 10.8 Å². The Labute approximate surface area is 139 Å². The number of hydrogen-bond donors (Lipinski definition) is 0. The van der Waals surface area contributed by atoms with E-state index in [1.165, 1.54) is 23.6 Å². The number of aryl methyl sites for hydroxylation is 1. The third kappa shape index (κ3) is 1.78. The number of rotatable bonds is 1. The predicted molar refractivity (Wildman–Crippen MR) is 95.1 cm³/mol. The lowest BCUT2D eigenvalue weighted by Gasteiger charge is -2.46. The lowest BCUT2D eigenvalue weighted by atomic mass is 9.59. The third-order valence-electron chi connectivity index (χ3n) is 7.87. The molecule has 5 aliphatic rings. The van der Waals surface area contributed by atoms with Gasteiger partial charge in [-0.05, 0) is 102 Å². The zero-order valence-corrected chi connectivity index (χ0v) is 13.8. The number of fused-ring (bicyclic) bond motifs is 2. The van der Waals surface area contributed by atoms with E-state index in [0.717, 1.165) is 23.7 Å². The van der Waals surface area contributed by atoms with Gasteiger partial charge in [-0.1, -0.05) is 36.4 Å². The maximum absolute atomic E-state index is 2.69. The van der Waals surface area contributed by atoms with Crippen molar-refractivity contribution < 1.29 is 0 Å². The summed E-state index contributed by atoms with van der Waals surface area (Å²) in [5.41, 5.74) is 3.84. The molecule has 0 aromatic heterocycles. The van der Waals surface area contributed by atoms with Gasteiger partial charge in [0.15, 0.2) is 0 Å². The van der Waals surface area contributed by atoms with Crippen molar-refractivity contribution >= 4 is 10.8 Å². The summed E-state index contributed by atoms with van der Waals surface area (Å²) in [7, 11) is 0. The van der Waals surface area contributed by atoms with Crippen LogP contribution in [-0.4, -0.2) is 0 Å². The minimum absolute atomic E-state index is 0.694. The molecule has 4 saturated carbocycles. The van der Waals surface area contributed by atoms with Gasteiger partial charge in [-0.15, -0.1) is 0 Å². The van der Waals surface area contributed by atoms with E-state index in [1.54, 1.807) is 43.2 Å². The van der Waals surface area contributed by atoms with Crippen LogP contribution in [0.3, 0.4) is 0 Å². The van der Waals surface area contributed by atoms with Gasteiger partial charge in [0.1, 0.15) is 0 Å². The number of hydrogen-bond acceptors (Lipinski definition) is 0. The van der Waals surface area contributed by atoms with E-state index >= 15 is 0 Å². The summed E-state index contributed by atoms with van der Waals surface area (Å²) in [5.74, 6) is 4.13. The monoisotopic (exact) mass is 301 g/mol. The molecule has 117 valence electrons. The van der Waals surface area contributed by atoms with Crippen molar-refractivity contribution in [3.05, 3.63) is 53.9 Å². The van der Waals surface area contributed by atoms with Gasteiger partial charge >= 0.3 is 0 Å². The lowest BCUT2D eigenvalue weighted by molar-refractivity contribution is 0.0795. The molecule has 0 heteroatoms. The second-order valence-corrected chi connectivity index (χ2v) is 9.04. The Morgan fingerprint density at radius 3 is 2.35 bits per heavy atom. The Morgan fingerprint density at radius 1 is 0.870 bits per heavy atom. The molecule has 7 rings (SSSR count). The summed E-state index contributed by atoms with van der Waals surface area (Å²) in [5, 5.41) is 2.83. The van der Waals surface area contributed by atoms with Crippen molar-refractivity contribution in [2.45, 2.75) is 44.9 Å². The summed E-state index contributed by atoms with van der Waals surface area (Å²) in [4.78, 5) is 0. The van der Waals surface area contributed by atoms with Crippen LogP contribution in [0.2, 0.25) is 0 Å². The minimum Gasteiger partial charge on any atom is -0.0616 e. The summed E-state index contributed by atoms with van der Waals surface area (Å²) < 4.78 is 0. The molecule has 4 bridgehead atoms. The lowest BCUT2D eigenvalue weighted by Crippen LogP contribution is -2.37. The molecule has 5 aliphatic carbocycles. The highest BCUT2D eigenvalue weighted by molar-refractivity contribution is 5.84. The van der Waals surface area contributed by atoms with Crippen LogP contribution in [0.1, 0.15) is 49.7 Å². The highest BCUT2D eigenvalue weighted by atomic mass is 14.6. The summed E-state index contributed by atoms with van der Waals surface area (Å²) in [6, 6.07) is 13.8. The molecule has 2 aromatic rings. The van der Waals surface area contributed by atoms with Crippen molar-refractivity contribution in [3.63, 3.8) is 0 Å². The molecule has 0 saturated heterocycles. The molecular weight excluding hydrogens is 276 g/mol. The van der Waals surface area contributed by atoms with Gasteiger partial charge in [-0.2, -0.15) is 0 Å². The minimum atomic E-state index is 0.694. The van der Waals surface area contributed by atoms with Gasteiger partial charge in [-0.3, -0.25) is 0 Å². The zero-order chi connectivity index (χ0) is 15.0. The second-order valence-electron chi connectivity index (χ2n) is 9.04. The maximum atomic E-state index is 2.69. The summed E-state index contributed by atoms with van der Waals surface area (Å²) in [6.45, 7) is 0. The van der Waals surface area contributed by atoms with Gasteiger partial charge in [0.25, 0.3) is 0 Å². The van der Waals surface area contributed by atoms with E-state index in [-0.39, 0.29) is 0 Å².